The Bertz CT molecular complexity index is 585. The third-order valence-electron chi connectivity index (χ3n) is 5.62. The van der Waals surface area contributed by atoms with E-state index in [-0.39, 0.29) is 0 Å². The lowest BCUT2D eigenvalue weighted by Crippen LogP contribution is -2.44. The van der Waals surface area contributed by atoms with Gasteiger partial charge in [-0.15, -0.1) is 0 Å². The maximum Gasteiger partial charge on any atom is 0.241 e. The van der Waals surface area contributed by atoms with E-state index in [9.17, 15) is 4.79 Å². The van der Waals surface area contributed by atoms with Crippen molar-refractivity contribution >= 4 is 17.7 Å². The minimum absolute atomic E-state index is 0.402. The summed E-state index contributed by atoms with van der Waals surface area (Å²) in [6.07, 6.45) is 12.7. The highest BCUT2D eigenvalue weighted by molar-refractivity contribution is 5.91. The van der Waals surface area contributed by atoms with Gasteiger partial charge in [0, 0.05) is 30.9 Å². The number of carbonyl (C=O) groups is 1. The third-order valence-corrected chi connectivity index (χ3v) is 5.62. The van der Waals surface area contributed by atoms with Crippen LogP contribution >= 0.6 is 0 Å². The molecule has 1 aromatic carbocycles. The van der Waals surface area contributed by atoms with E-state index >= 15 is 0 Å². The molecule has 1 saturated heterocycles. The van der Waals surface area contributed by atoms with Crippen LogP contribution in [0.15, 0.2) is 30.3 Å². The number of benzene rings is 1. The number of hydrogen-bond donors (Lipinski definition) is 2. The number of hydrogen-bond acceptors (Lipinski definition) is 3. The molecule has 1 heterocycles. The monoisotopic (exact) mass is 341 g/mol. The predicted molar refractivity (Wildman–Crippen MR) is 104 cm³/mol. The van der Waals surface area contributed by atoms with E-state index < -0.39 is 5.91 Å². The number of piperidine rings is 1. The lowest BCUT2D eigenvalue weighted by atomic mass is 9.89. The Morgan fingerprint density at radius 1 is 1.12 bits per heavy atom. The zero-order chi connectivity index (χ0) is 17.5. The molecule has 1 aliphatic carbocycles. The zero-order valence-electron chi connectivity index (χ0n) is 15.1. The van der Waals surface area contributed by atoms with Crippen molar-refractivity contribution in [1.82, 2.24) is 5.32 Å². The second-order valence-electron chi connectivity index (χ2n) is 7.47. The van der Waals surface area contributed by atoms with Gasteiger partial charge in [0.15, 0.2) is 0 Å². The normalized spacial score (nSPS) is 20.2. The first kappa shape index (κ1) is 18.0. The third kappa shape index (κ3) is 5.33. The van der Waals surface area contributed by atoms with Crippen molar-refractivity contribution in [2.75, 3.05) is 24.5 Å². The molecular weight excluding hydrogens is 310 g/mol. The maximum absolute atomic E-state index is 11.0. The van der Waals surface area contributed by atoms with Crippen molar-refractivity contribution in [3.63, 3.8) is 0 Å². The Morgan fingerprint density at radius 2 is 1.84 bits per heavy atom. The first-order valence-corrected chi connectivity index (χ1v) is 9.77. The van der Waals surface area contributed by atoms with Gasteiger partial charge >= 0.3 is 0 Å². The SMILES string of the molecule is NC(=O)/C=C/c1ccccc1N1CCC(NCC2CCCCC2)CC1. The Morgan fingerprint density at radius 3 is 2.56 bits per heavy atom. The van der Waals surface area contributed by atoms with Gasteiger partial charge in [0.25, 0.3) is 0 Å². The summed E-state index contributed by atoms with van der Waals surface area (Å²) in [5.74, 6) is 0.492. The average molecular weight is 341 g/mol. The van der Waals surface area contributed by atoms with Crippen molar-refractivity contribution in [2.45, 2.75) is 51.0 Å². The molecule has 1 saturated carbocycles. The van der Waals surface area contributed by atoms with Gasteiger partial charge in [-0.1, -0.05) is 37.5 Å². The first-order chi connectivity index (χ1) is 12.2. The molecule has 1 aromatic rings. The van der Waals surface area contributed by atoms with Gasteiger partial charge in [0.05, 0.1) is 0 Å². The minimum atomic E-state index is -0.402. The van der Waals surface area contributed by atoms with E-state index in [1.807, 2.05) is 18.2 Å². The van der Waals surface area contributed by atoms with Crippen LogP contribution in [0.2, 0.25) is 0 Å². The quantitative estimate of drug-likeness (QED) is 0.780. The van der Waals surface area contributed by atoms with Gasteiger partial charge in [-0.25, -0.2) is 0 Å². The van der Waals surface area contributed by atoms with Gasteiger partial charge in [0.1, 0.15) is 0 Å². The molecule has 2 fully saturated rings. The molecule has 4 nitrogen and oxygen atoms in total. The highest BCUT2D eigenvalue weighted by atomic mass is 16.1. The van der Waals surface area contributed by atoms with Gasteiger partial charge < -0.3 is 16.0 Å². The summed E-state index contributed by atoms with van der Waals surface area (Å²) in [6.45, 7) is 3.32. The molecule has 0 radical (unpaired) electrons. The molecule has 25 heavy (non-hydrogen) atoms. The van der Waals surface area contributed by atoms with E-state index in [0.29, 0.717) is 6.04 Å². The van der Waals surface area contributed by atoms with Crippen molar-refractivity contribution in [2.24, 2.45) is 11.7 Å². The molecule has 0 bridgehead atoms. The largest absolute Gasteiger partial charge is 0.371 e. The molecule has 1 aliphatic heterocycles. The lowest BCUT2D eigenvalue weighted by Gasteiger charge is -2.35. The summed E-state index contributed by atoms with van der Waals surface area (Å²) in [5.41, 5.74) is 7.50. The second kappa shape index (κ2) is 9.04. The van der Waals surface area contributed by atoms with Crippen molar-refractivity contribution in [3.8, 4) is 0 Å². The minimum Gasteiger partial charge on any atom is -0.371 e. The summed E-state index contributed by atoms with van der Waals surface area (Å²) in [4.78, 5) is 13.4. The van der Waals surface area contributed by atoms with E-state index in [1.54, 1.807) is 0 Å². The molecule has 2 aliphatic rings. The maximum atomic E-state index is 11.0. The van der Waals surface area contributed by atoms with Crippen LogP contribution in [0.1, 0.15) is 50.5 Å². The van der Waals surface area contributed by atoms with Crippen LogP contribution in [0.5, 0.6) is 0 Å². The Kier molecular flexibility index (Phi) is 6.51. The molecule has 0 aromatic heterocycles. The summed E-state index contributed by atoms with van der Waals surface area (Å²) in [5, 5.41) is 3.82. The second-order valence-corrected chi connectivity index (χ2v) is 7.47. The summed E-state index contributed by atoms with van der Waals surface area (Å²) >= 11 is 0. The number of carbonyl (C=O) groups excluding carboxylic acids is 1. The first-order valence-electron chi connectivity index (χ1n) is 9.77. The summed E-state index contributed by atoms with van der Waals surface area (Å²) < 4.78 is 0. The molecule has 4 heteroatoms. The van der Waals surface area contributed by atoms with Crippen LogP contribution in [0, 0.1) is 5.92 Å². The molecule has 0 spiro atoms. The highest BCUT2D eigenvalue weighted by Gasteiger charge is 2.21. The number of anilines is 1. The number of nitrogens with zero attached hydrogens (tertiary/aromatic N) is 1. The number of rotatable bonds is 6. The van der Waals surface area contributed by atoms with Crippen LogP contribution in [0.25, 0.3) is 6.08 Å². The molecular formula is C21H31N3O. The summed E-state index contributed by atoms with van der Waals surface area (Å²) in [7, 11) is 0. The number of primary amides is 1. The van der Waals surface area contributed by atoms with Crippen LogP contribution in [0.3, 0.4) is 0 Å². The molecule has 3 rings (SSSR count). The van der Waals surface area contributed by atoms with Gasteiger partial charge in [-0.3, -0.25) is 4.79 Å². The lowest BCUT2D eigenvalue weighted by molar-refractivity contribution is -0.113. The van der Waals surface area contributed by atoms with Crippen LogP contribution < -0.4 is 16.0 Å². The zero-order valence-corrected chi connectivity index (χ0v) is 15.1. The van der Waals surface area contributed by atoms with Crippen molar-refractivity contribution in [1.29, 1.82) is 0 Å². The molecule has 136 valence electrons. The van der Waals surface area contributed by atoms with Gasteiger partial charge in [-0.05, 0) is 55.9 Å². The van der Waals surface area contributed by atoms with E-state index in [1.165, 1.54) is 63.3 Å². The van der Waals surface area contributed by atoms with E-state index in [4.69, 9.17) is 5.73 Å². The number of nitrogens with one attached hydrogen (secondary N) is 1. The Balaban J connectivity index is 1.51. The van der Waals surface area contributed by atoms with Gasteiger partial charge in [0.2, 0.25) is 5.91 Å². The molecule has 0 unspecified atom stereocenters. The standard InChI is InChI=1S/C21H31N3O/c22-21(25)11-10-18-8-4-5-9-20(18)24-14-12-19(13-15-24)23-16-17-6-2-1-3-7-17/h4-5,8-11,17,19,23H,1-3,6-7,12-16H2,(H2,22,25)/b11-10+. The molecule has 1 amide bonds. The highest BCUT2D eigenvalue weighted by Crippen LogP contribution is 2.26. The fourth-order valence-electron chi connectivity index (χ4n) is 4.14. The average Bonchev–Trinajstić information content (AvgIpc) is 2.66. The summed E-state index contributed by atoms with van der Waals surface area (Å²) in [6, 6.07) is 8.89. The van der Waals surface area contributed by atoms with Gasteiger partial charge in [-0.2, -0.15) is 0 Å². The fraction of sp³-hybridized carbons (Fsp3) is 0.571. The van der Waals surface area contributed by atoms with Crippen LogP contribution in [-0.4, -0.2) is 31.6 Å². The predicted octanol–water partition coefficient (Wildman–Crippen LogP) is 3.32. The topological polar surface area (TPSA) is 58.4 Å². The van der Waals surface area contributed by atoms with Crippen molar-refractivity contribution in [3.05, 3.63) is 35.9 Å². The van der Waals surface area contributed by atoms with E-state index in [2.05, 4.69) is 22.3 Å². The van der Waals surface area contributed by atoms with E-state index in [0.717, 1.165) is 24.6 Å². The van der Waals surface area contributed by atoms with Crippen LogP contribution in [0.4, 0.5) is 5.69 Å². The Labute approximate surface area is 151 Å². The van der Waals surface area contributed by atoms with Crippen LogP contribution in [-0.2, 0) is 4.79 Å². The molecule has 3 N–H and O–H groups in total. The molecule has 0 atom stereocenters. The van der Waals surface area contributed by atoms with Crippen molar-refractivity contribution < 1.29 is 4.79 Å². The number of para-hydroxylation sites is 1. The number of nitrogens with two attached hydrogens (primary N) is 1. The fourth-order valence-corrected chi connectivity index (χ4v) is 4.14. The number of amides is 1. The smallest absolute Gasteiger partial charge is 0.241 e. The Hall–Kier alpha value is -1.81.